The topological polar surface area (TPSA) is 75.2 Å². The van der Waals surface area contributed by atoms with Crippen LogP contribution in [0.15, 0.2) is 47.3 Å². The molecule has 6 nitrogen and oxygen atoms in total. The molecule has 0 aliphatic carbocycles. The van der Waals surface area contributed by atoms with Gasteiger partial charge in [-0.2, -0.15) is 0 Å². The van der Waals surface area contributed by atoms with Crippen LogP contribution >= 0.6 is 11.3 Å². The van der Waals surface area contributed by atoms with Gasteiger partial charge in [0, 0.05) is 29.9 Å². The number of urea groups is 1. The normalized spacial score (nSPS) is 10.9. The molecule has 0 saturated heterocycles. The SMILES string of the molecule is Cc1cc(C)cc(N(C)C(=O)Nc2ccc3[nH+]c(-c4cscn4)[nH]c3c2)c1. The molecule has 0 fully saturated rings. The van der Waals surface area contributed by atoms with E-state index in [0.717, 1.165) is 45.1 Å². The minimum atomic E-state index is -0.186. The van der Waals surface area contributed by atoms with Crippen LogP contribution in [0.2, 0.25) is 0 Å². The molecule has 2 heterocycles. The van der Waals surface area contributed by atoms with Crippen molar-refractivity contribution < 1.29 is 9.78 Å². The molecule has 0 unspecified atom stereocenters. The van der Waals surface area contributed by atoms with Crippen LogP contribution in [0.3, 0.4) is 0 Å². The average molecular weight is 378 g/mol. The number of imidazole rings is 1. The molecule has 2 aromatic carbocycles. The largest absolute Gasteiger partial charge is 0.326 e. The maximum atomic E-state index is 12.7. The predicted octanol–water partition coefficient (Wildman–Crippen LogP) is 4.39. The Labute approximate surface area is 160 Å². The Balaban J connectivity index is 1.56. The Kier molecular flexibility index (Phi) is 4.37. The Bertz CT molecular complexity index is 1100. The molecule has 0 aliphatic rings. The number of H-pyrrole nitrogens is 2. The van der Waals surface area contributed by atoms with Crippen LogP contribution in [0.25, 0.3) is 22.6 Å². The van der Waals surface area contributed by atoms with Gasteiger partial charge in [0.2, 0.25) is 0 Å². The third kappa shape index (κ3) is 3.54. The van der Waals surface area contributed by atoms with E-state index in [9.17, 15) is 4.79 Å². The van der Waals surface area contributed by atoms with E-state index in [2.05, 4.69) is 26.3 Å². The lowest BCUT2D eigenvalue weighted by Gasteiger charge is -2.19. The summed E-state index contributed by atoms with van der Waals surface area (Å²) in [5, 5.41) is 4.93. The maximum Gasteiger partial charge on any atom is 0.326 e. The summed E-state index contributed by atoms with van der Waals surface area (Å²) in [6.45, 7) is 4.05. The van der Waals surface area contributed by atoms with Crippen molar-refractivity contribution in [3.8, 4) is 11.5 Å². The first-order chi connectivity index (χ1) is 13.0. The predicted molar refractivity (Wildman–Crippen MR) is 109 cm³/mol. The molecule has 2 aromatic heterocycles. The van der Waals surface area contributed by atoms with Gasteiger partial charge in [0.15, 0.2) is 16.7 Å². The number of amides is 2. The first-order valence-corrected chi connectivity index (χ1v) is 9.50. The zero-order valence-electron chi connectivity index (χ0n) is 15.3. The number of thiazole rings is 1. The molecule has 0 radical (unpaired) electrons. The summed E-state index contributed by atoms with van der Waals surface area (Å²) in [5.41, 5.74) is 8.38. The average Bonchev–Trinajstić information content (AvgIpc) is 3.29. The molecular weight excluding hydrogens is 358 g/mol. The summed E-state index contributed by atoms with van der Waals surface area (Å²) in [6, 6.07) is 11.6. The number of aromatic nitrogens is 3. The summed E-state index contributed by atoms with van der Waals surface area (Å²) < 4.78 is 0. The van der Waals surface area contributed by atoms with Gasteiger partial charge < -0.3 is 5.32 Å². The lowest BCUT2D eigenvalue weighted by atomic mass is 10.1. The van der Waals surface area contributed by atoms with Crippen molar-refractivity contribution in [3.63, 3.8) is 0 Å². The number of nitrogens with one attached hydrogen (secondary N) is 3. The molecule has 7 heteroatoms. The highest BCUT2D eigenvalue weighted by Crippen LogP contribution is 2.22. The van der Waals surface area contributed by atoms with Crippen molar-refractivity contribution in [2.45, 2.75) is 13.8 Å². The monoisotopic (exact) mass is 378 g/mol. The molecule has 0 saturated carbocycles. The number of aromatic amines is 2. The summed E-state index contributed by atoms with van der Waals surface area (Å²) in [5.74, 6) is 0.849. The van der Waals surface area contributed by atoms with Crippen LogP contribution in [0.5, 0.6) is 0 Å². The number of carbonyl (C=O) groups is 1. The van der Waals surface area contributed by atoms with E-state index in [4.69, 9.17) is 0 Å². The van der Waals surface area contributed by atoms with E-state index in [-0.39, 0.29) is 6.03 Å². The summed E-state index contributed by atoms with van der Waals surface area (Å²) in [6.07, 6.45) is 0. The van der Waals surface area contributed by atoms with Crippen LogP contribution in [0.4, 0.5) is 16.2 Å². The molecule has 4 rings (SSSR count). The number of anilines is 2. The number of carbonyl (C=O) groups excluding carboxylic acids is 1. The number of fused-ring (bicyclic) bond motifs is 1. The van der Waals surface area contributed by atoms with Crippen LogP contribution < -0.4 is 15.2 Å². The lowest BCUT2D eigenvalue weighted by molar-refractivity contribution is -0.330. The van der Waals surface area contributed by atoms with Crippen molar-refractivity contribution in [3.05, 3.63) is 58.4 Å². The Morgan fingerprint density at radius 2 is 1.96 bits per heavy atom. The highest BCUT2D eigenvalue weighted by atomic mass is 32.1. The first kappa shape index (κ1) is 17.2. The highest BCUT2D eigenvalue weighted by molar-refractivity contribution is 7.07. The van der Waals surface area contributed by atoms with E-state index in [0.29, 0.717) is 0 Å². The quantitative estimate of drug-likeness (QED) is 0.555. The van der Waals surface area contributed by atoms with Gasteiger partial charge in [0.05, 0.1) is 5.51 Å². The number of benzene rings is 2. The molecular formula is C20H20N5OS+. The van der Waals surface area contributed by atoms with Crippen LogP contribution in [-0.4, -0.2) is 23.0 Å². The molecule has 136 valence electrons. The van der Waals surface area contributed by atoms with Gasteiger partial charge in [-0.15, -0.1) is 11.3 Å². The van der Waals surface area contributed by atoms with Gasteiger partial charge in [0.25, 0.3) is 0 Å². The number of hydrogen-bond acceptors (Lipinski definition) is 3. The third-order valence-corrected chi connectivity index (χ3v) is 4.96. The summed E-state index contributed by atoms with van der Waals surface area (Å²) >= 11 is 1.55. The molecule has 2 amide bonds. The number of hydrogen-bond donors (Lipinski definition) is 2. The fourth-order valence-corrected chi connectivity index (χ4v) is 3.61. The molecule has 27 heavy (non-hydrogen) atoms. The molecule has 0 spiro atoms. The van der Waals surface area contributed by atoms with Crippen LogP contribution in [0, 0.1) is 13.8 Å². The Morgan fingerprint density at radius 3 is 2.67 bits per heavy atom. The highest BCUT2D eigenvalue weighted by Gasteiger charge is 2.16. The molecule has 4 aromatic rings. The second kappa shape index (κ2) is 6.85. The second-order valence-electron chi connectivity index (χ2n) is 6.59. The molecule has 0 bridgehead atoms. The Morgan fingerprint density at radius 1 is 1.19 bits per heavy atom. The summed E-state index contributed by atoms with van der Waals surface area (Å²) in [7, 11) is 1.77. The fraction of sp³-hybridized carbons (Fsp3) is 0.150. The molecule has 0 aliphatic heterocycles. The van der Waals surface area contributed by atoms with Gasteiger partial charge in [-0.1, -0.05) is 6.07 Å². The second-order valence-corrected chi connectivity index (χ2v) is 7.31. The minimum absolute atomic E-state index is 0.186. The number of rotatable bonds is 3. The van der Waals surface area contributed by atoms with E-state index in [1.165, 1.54) is 0 Å². The van der Waals surface area contributed by atoms with Crippen molar-refractivity contribution in [1.82, 2.24) is 9.97 Å². The molecule has 3 N–H and O–H groups in total. The van der Waals surface area contributed by atoms with E-state index >= 15 is 0 Å². The van der Waals surface area contributed by atoms with Gasteiger partial charge >= 0.3 is 11.9 Å². The standard InChI is InChI=1S/C20H19N5OS/c1-12-6-13(2)8-15(7-12)25(3)20(26)22-14-4-5-16-17(9-14)24-19(23-16)18-10-27-11-21-18/h4-11H,1-3H3,(H,22,26)(H,23,24)/p+1. The minimum Gasteiger partial charge on any atom is -0.307 e. The fourth-order valence-electron chi connectivity index (χ4n) is 3.07. The molecule has 0 atom stereocenters. The smallest absolute Gasteiger partial charge is 0.307 e. The van der Waals surface area contributed by atoms with Crippen LogP contribution in [-0.2, 0) is 0 Å². The van der Waals surface area contributed by atoms with Gasteiger partial charge in [-0.05, 0) is 49.2 Å². The van der Waals surface area contributed by atoms with Gasteiger partial charge in [-0.3, -0.25) is 4.90 Å². The van der Waals surface area contributed by atoms with Crippen molar-refractivity contribution >= 4 is 39.8 Å². The van der Waals surface area contributed by atoms with E-state index in [1.54, 1.807) is 28.8 Å². The van der Waals surface area contributed by atoms with E-state index in [1.807, 2.05) is 49.6 Å². The van der Waals surface area contributed by atoms with Gasteiger partial charge in [0.1, 0.15) is 0 Å². The van der Waals surface area contributed by atoms with Crippen molar-refractivity contribution in [2.75, 3.05) is 17.3 Å². The maximum absolute atomic E-state index is 12.7. The van der Waals surface area contributed by atoms with Crippen molar-refractivity contribution in [1.29, 1.82) is 0 Å². The Hall–Kier alpha value is -3.19. The van der Waals surface area contributed by atoms with Gasteiger partial charge in [-0.25, -0.2) is 19.7 Å². The number of aryl methyl sites for hydroxylation is 2. The lowest BCUT2D eigenvalue weighted by Crippen LogP contribution is -2.31. The van der Waals surface area contributed by atoms with Crippen LogP contribution in [0.1, 0.15) is 11.1 Å². The van der Waals surface area contributed by atoms with Crippen molar-refractivity contribution in [2.24, 2.45) is 0 Å². The number of nitrogens with zero attached hydrogens (tertiary/aromatic N) is 2. The first-order valence-electron chi connectivity index (χ1n) is 8.56. The third-order valence-electron chi connectivity index (χ3n) is 4.38. The van der Waals surface area contributed by atoms with E-state index < -0.39 is 0 Å². The summed E-state index contributed by atoms with van der Waals surface area (Å²) in [4.78, 5) is 25.2. The zero-order chi connectivity index (χ0) is 19.0. The zero-order valence-corrected chi connectivity index (χ0v) is 16.1.